The van der Waals surface area contributed by atoms with E-state index in [2.05, 4.69) is 179 Å². The van der Waals surface area contributed by atoms with E-state index in [1.165, 1.54) is 26.4 Å². The Morgan fingerprint density at radius 1 is 0.395 bits per heavy atom. The predicted octanol–water partition coefficient (Wildman–Crippen LogP) is 5.20. The van der Waals surface area contributed by atoms with Gasteiger partial charge in [0.15, 0.2) is 8.07 Å². The molecule has 0 saturated carbocycles. The number of anilines is 3. The molecule has 0 amide bonds. The van der Waals surface area contributed by atoms with Crippen molar-refractivity contribution in [3.05, 3.63) is 164 Å². The largest absolute Gasteiger partial charge is 0.240 e. The molecule has 0 atom stereocenters. The van der Waals surface area contributed by atoms with Crippen LogP contribution in [0.4, 0.5) is 17.1 Å². The summed E-state index contributed by atoms with van der Waals surface area (Å²) in [5.74, 6) is 0. The number of nitrogens with zero attached hydrogens (tertiary/aromatic N) is 3. The lowest BCUT2D eigenvalue weighted by Crippen LogP contribution is -2.74. The zero-order valence-corrected chi connectivity index (χ0v) is 21.9. The maximum absolute atomic E-state index is 2.54. The molecule has 3 nitrogen and oxygen atoms in total. The number of hydrazine groups is 2. The van der Waals surface area contributed by atoms with Gasteiger partial charge in [-0.15, -0.1) is 0 Å². The molecule has 7 rings (SSSR count). The number of hydrogen-bond acceptors (Lipinski definition) is 3. The van der Waals surface area contributed by atoms with Gasteiger partial charge in [0.05, 0.1) is 17.1 Å². The summed E-state index contributed by atoms with van der Waals surface area (Å²) in [7, 11) is -2.54. The Kier molecular flexibility index (Phi) is 5.45. The minimum Gasteiger partial charge on any atom is -0.240 e. The summed E-state index contributed by atoms with van der Waals surface area (Å²) in [5, 5.41) is 12.1. The van der Waals surface area contributed by atoms with E-state index in [4.69, 9.17) is 0 Å². The zero-order valence-electron chi connectivity index (χ0n) is 20.9. The number of allylic oxidation sites excluding steroid dienone is 2. The van der Waals surface area contributed by atoms with Crippen molar-refractivity contribution >= 4 is 45.9 Å². The Morgan fingerprint density at radius 2 is 0.842 bits per heavy atom. The van der Waals surface area contributed by atoms with E-state index >= 15 is 0 Å². The molecule has 0 aromatic heterocycles. The molecule has 182 valence electrons. The third-order valence-electron chi connectivity index (χ3n) is 7.51. The van der Waals surface area contributed by atoms with Crippen LogP contribution in [0, 0.1) is 0 Å². The highest BCUT2D eigenvalue weighted by Crippen LogP contribution is 2.44. The van der Waals surface area contributed by atoms with Gasteiger partial charge in [-0.3, -0.25) is 0 Å². The van der Waals surface area contributed by atoms with E-state index in [9.17, 15) is 0 Å². The van der Waals surface area contributed by atoms with Gasteiger partial charge in [-0.1, -0.05) is 115 Å². The number of fused-ring (bicyclic) bond motifs is 3. The van der Waals surface area contributed by atoms with E-state index in [0.29, 0.717) is 0 Å². The van der Waals surface area contributed by atoms with Crippen molar-refractivity contribution in [3.8, 4) is 0 Å². The second-order valence-corrected chi connectivity index (χ2v) is 13.4. The number of hydrogen-bond donors (Lipinski definition) is 0. The van der Waals surface area contributed by atoms with Gasteiger partial charge in [-0.05, 0) is 57.2 Å². The minimum absolute atomic E-state index is 1.13. The molecule has 0 fully saturated rings. The van der Waals surface area contributed by atoms with Crippen LogP contribution in [0.25, 0.3) is 0 Å². The lowest BCUT2D eigenvalue weighted by molar-refractivity contribution is 0.408. The summed E-state index contributed by atoms with van der Waals surface area (Å²) in [6.07, 6.45) is 8.34. The van der Waals surface area contributed by atoms with Gasteiger partial charge in [0, 0.05) is 12.4 Å². The van der Waals surface area contributed by atoms with Crippen LogP contribution in [0.1, 0.15) is 0 Å². The normalized spacial score (nSPS) is 13.9. The Bertz CT molecular complexity index is 1520. The molecule has 4 heteroatoms. The van der Waals surface area contributed by atoms with Crippen molar-refractivity contribution < 1.29 is 0 Å². The average molecular weight is 506 g/mol. The Balaban J connectivity index is 1.42. The smallest absolute Gasteiger partial charge is 0.179 e. The highest BCUT2D eigenvalue weighted by atomic mass is 28.3. The average Bonchev–Trinajstić information content (AvgIpc) is 3.34. The molecule has 2 aliphatic rings. The minimum atomic E-state index is -2.54. The van der Waals surface area contributed by atoms with Crippen LogP contribution < -0.4 is 30.8 Å². The van der Waals surface area contributed by atoms with Crippen LogP contribution in [0.15, 0.2) is 164 Å². The first-order chi connectivity index (χ1) is 18.9. The van der Waals surface area contributed by atoms with E-state index in [-0.39, 0.29) is 0 Å². The van der Waals surface area contributed by atoms with Gasteiger partial charge in [0.2, 0.25) is 0 Å². The second-order valence-electron chi connectivity index (χ2n) is 9.54. The zero-order chi connectivity index (χ0) is 25.4. The first kappa shape index (κ1) is 22.4. The highest BCUT2D eigenvalue weighted by Gasteiger charge is 2.41. The van der Waals surface area contributed by atoms with E-state index in [0.717, 1.165) is 11.4 Å². The van der Waals surface area contributed by atoms with Crippen molar-refractivity contribution in [3.63, 3.8) is 0 Å². The maximum Gasteiger partial charge on any atom is 0.179 e. The van der Waals surface area contributed by atoms with Gasteiger partial charge < -0.3 is 0 Å². The molecule has 2 heterocycles. The van der Waals surface area contributed by atoms with Crippen molar-refractivity contribution in [1.82, 2.24) is 5.12 Å². The summed E-state index contributed by atoms with van der Waals surface area (Å²) in [4.78, 5) is 0. The number of rotatable bonds is 5. The Labute approximate surface area is 224 Å². The number of benzene rings is 5. The molecule has 0 aliphatic carbocycles. The van der Waals surface area contributed by atoms with Crippen molar-refractivity contribution in [2.24, 2.45) is 0 Å². The molecule has 38 heavy (non-hydrogen) atoms. The molecular formula is C34H27N3Si. The van der Waals surface area contributed by atoms with Crippen molar-refractivity contribution in [2.45, 2.75) is 0 Å². The molecule has 0 N–H and O–H groups in total. The van der Waals surface area contributed by atoms with Gasteiger partial charge >= 0.3 is 0 Å². The molecule has 2 aliphatic heterocycles. The van der Waals surface area contributed by atoms with Crippen LogP contribution in [-0.2, 0) is 0 Å². The summed E-state index contributed by atoms with van der Waals surface area (Å²) < 4.78 is 0. The standard InChI is InChI=1S/C34H27N3Si/c1-4-14-29(15-5-1)38(30-16-6-2-7-17-30,31-18-8-3-9-19-31)32-24-22-28(23-25-32)37-34-21-11-10-20-33(34)35-26-12-13-27-36(35)37/h1-27H. The molecule has 0 unspecified atom stereocenters. The second kappa shape index (κ2) is 9.25. The van der Waals surface area contributed by atoms with Gasteiger partial charge in [-0.2, -0.15) is 5.12 Å². The van der Waals surface area contributed by atoms with Crippen LogP contribution >= 0.6 is 0 Å². The van der Waals surface area contributed by atoms with Crippen LogP contribution in [0.5, 0.6) is 0 Å². The Hall–Kier alpha value is -4.80. The summed E-state index contributed by atoms with van der Waals surface area (Å²) in [6, 6.07) is 51.0. The molecule has 0 radical (unpaired) electrons. The van der Waals surface area contributed by atoms with Gasteiger partial charge in [0.25, 0.3) is 0 Å². The summed E-state index contributed by atoms with van der Waals surface area (Å²) >= 11 is 0. The van der Waals surface area contributed by atoms with Crippen molar-refractivity contribution in [1.29, 1.82) is 0 Å². The monoisotopic (exact) mass is 505 g/mol. The summed E-state index contributed by atoms with van der Waals surface area (Å²) in [6.45, 7) is 0. The van der Waals surface area contributed by atoms with E-state index in [1.807, 2.05) is 0 Å². The fraction of sp³-hybridized carbons (Fsp3) is 0. The highest BCUT2D eigenvalue weighted by molar-refractivity contribution is 7.19. The first-order valence-corrected chi connectivity index (χ1v) is 15.0. The Morgan fingerprint density at radius 3 is 1.39 bits per heavy atom. The number of para-hydroxylation sites is 2. The van der Waals surface area contributed by atoms with Crippen molar-refractivity contribution in [2.75, 3.05) is 10.0 Å². The third kappa shape index (κ3) is 3.42. The molecule has 0 saturated heterocycles. The molecule has 0 bridgehead atoms. The maximum atomic E-state index is 2.35. The first-order valence-electron chi connectivity index (χ1n) is 13.0. The quantitative estimate of drug-likeness (QED) is 0.240. The van der Waals surface area contributed by atoms with Crippen LogP contribution in [0.2, 0.25) is 0 Å². The van der Waals surface area contributed by atoms with Gasteiger partial charge in [-0.25, -0.2) is 10.0 Å². The fourth-order valence-corrected chi connectivity index (χ4v) is 10.6. The predicted molar refractivity (Wildman–Crippen MR) is 161 cm³/mol. The van der Waals surface area contributed by atoms with Crippen LogP contribution in [0.3, 0.4) is 0 Å². The molecule has 0 spiro atoms. The summed E-state index contributed by atoms with van der Waals surface area (Å²) in [5.41, 5.74) is 3.45. The molecular weight excluding hydrogens is 478 g/mol. The lowest BCUT2D eigenvalue weighted by Gasteiger charge is -2.36. The third-order valence-corrected chi connectivity index (χ3v) is 12.3. The topological polar surface area (TPSA) is 9.72 Å². The fourth-order valence-electron chi connectivity index (χ4n) is 5.87. The van der Waals surface area contributed by atoms with Crippen LogP contribution in [-0.4, -0.2) is 13.2 Å². The van der Waals surface area contributed by atoms with Gasteiger partial charge in [0.1, 0.15) is 0 Å². The molecule has 5 aromatic rings. The van der Waals surface area contributed by atoms with E-state index < -0.39 is 8.07 Å². The van der Waals surface area contributed by atoms with E-state index in [1.54, 1.807) is 0 Å². The lowest BCUT2D eigenvalue weighted by atomic mass is 10.2. The molecule has 5 aromatic carbocycles. The SMILES string of the molecule is C1=CN2c3ccccc3N(c3ccc([Si](c4ccccc4)(c4ccccc4)c4ccccc4)cc3)N2C=C1.